The summed E-state index contributed by atoms with van der Waals surface area (Å²) in [6.45, 7) is 0. The number of aromatic hydroxyl groups is 2. The van der Waals surface area contributed by atoms with Gasteiger partial charge in [0.25, 0.3) is 0 Å². The number of phenols is 2. The number of phenolic OH excluding ortho intramolecular Hbond substituents is 2. The van der Waals surface area contributed by atoms with Crippen LogP contribution in [0, 0.1) is 0 Å². The van der Waals surface area contributed by atoms with Gasteiger partial charge in [-0.05, 0) is 42.0 Å². The second-order valence-electron chi connectivity index (χ2n) is 5.40. The zero-order valence-corrected chi connectivity index (χ0v) is 14.8. The topological polar surface area (TPSA) is 74.6 Å². The number of sulfone groups is 1. The molecular weight excluding hydrogens is 356 g/mol. The average molecular weight is 372 g/mol. The highest BCUT2D eigenvalue weighted by molar-refractivity contribution is 7.98. The quantitative estimate of drug-likeness (QED) is 0.518. The molecule has 3 rings (SSSR count). The SMILES string of the molecule is O=S(=O)(c1ccc(SCc2ccccc2)cc1)c1ccc(O)c(O)c1. The molecule has 0 fully saturated rings. The third kappa shape index (κ3) is 3.97. The first-order valence-electron chi connectivity index (χ1n) is 7.51. The Morgan fingerprint density at radius 2 is 1.40 bits per heavy atom. The second kappa shape index (κ2) is 7.21. The van der Waals surface area contributed by atoms with Crippen molar-refractivity contribution in [1.29, 1.82) is 0 Å². The number of hydrogen-bond donors (Lipinski definition) is 2. The summed E-state index contributed by atoms with van der Waals surface area (Å²) in [6, 6.07) is 20.1. The van der Waals surface area contributed by atoms with E-state index in [9.17, 15) is 18.6 Å². The van der Waals surface area contributed by atoms with Crippen LogP contribution in [0.5, 0.6) is 11.5 Å². The molecule has 0 saturated carbocycles. The summed E-state index contributed by atoms with van der Waals surface area (Å²) in [6.07, 6.45) is 0. The molecule has 4 nitrogen and oxygen atoms in total. The molecule has 0 aliphatic rings. The summed E-state index contributed by atoms with van der Waals surface area (Å²) in [5, 5.41) is 18.8. The lowest BCUT2D eigenvalue weighted by atomic mass is 10.2. The lowest BCUT2D eigenvalue weighted by Crippen LogP contribution is -2.01. The molecule has 0 spiro atoms. The van der Waals surface area contributed by atoms with Crippen molar-refractivity contribution in [3.8, 4) is 11.5 Å². The molecule has 0 heterocycles. The van der Waals surface area contributed by atoms with Crippen LogP contribution in [-0.4, -0.2) is 18.6 Å². The van der Waals surface area contributed by atoms with Gasteiger partial charge in [0.05, 0.1) is 9.79 Å². The van der Waals surface area contributed by atoms with Gasteiger partial charge in [0, 0.05) is 16.7 Å². The van der Waals surface area contributed by atoms with Crippen LogP contribution >= 0.6 is 11.8 Å². The first-order chi connectivity index (χ1) is 12.0. The minimum absolute atomic E-state index is 0.0625. The molecule has 2 N–H and O–H groups in total. The Morgan fingerprint density at radius 3 is 2.04 bits per heavy atom. The maximum Gasteiger partial charge on any atom is 0.206 e. The van der Waals surface area contributed by atoms with E-state index in [2.05, 4.69) is 0 Å². The molecule has 0 aromatic heterocycles. The van der Waals surface area contributed by atoms with Crippen LogP contribution in [0.25, 0.3) is 0 Å². The molecule has 3 aromatic rings. The molecule has 3 aromatic carbocycles. The third-order valence-electron chi connectivity index (χ3n) is 3.64. The van der Waals surface area contributed by atoms with Gasteiger partial charge in [-0.15, -0.1) is 11.8 Å². The Balaban J connectivity index is 1.78. The van der Waals surface area contributed by atoms with E-state index in [-0.39, 0.29) is 15.5 Å². The molecule has 0 bridgehead atoms. The van der Waals surface area contributed by atoms with Gasteiger partial charge in [-0.1, -0.05) is 30.3 Å². The second-order valence-corrected chi connectivity index (χ2v) is 8.40. The van der Waals surface area contributed by atoms with Crippen LogP contribution in [0.15, 0.2) is 87.5 Å². The van der Waals surface area contributed by atoms with Crippen molar-refractivity contribution in [2.24, 2.45) is 0 Å². The molecule has 0 saturated heterocycles. The fourth-order valence-corrected chi connectivity index (χ4v) is 4.40. The fourth-order valence-electron chi connectivity index (χ4n) is 2.26. The first-order valence-corrected chi connectivity index (χ1v) is 9.97. The normalized spacial score (nSPS) is 11.4. The van der Waals surface area contributed by atoms with E-state index in [0.29, 0.717) is 0 Å². The van der Waals surface area contributed by atoms with E-state index >= 15 is 0 Å². The van der Waals surface area contributed by atoms with Crippen LogP contribution in [-0.2, 0) is 15.6 Å². The highest BCUT2D eigenvalue weighted by Gasteiger charge is 2.19. The van der Waals surface area contributed by atoms with E-state index in [1.165, 1.54) is 11.6 Å². The van der Waals surface area contributed by atoms with Crippen molar-refractivity contribution in [1.82, 2.24) is 0 Å². The monoisotopic (exact) mass is 372 g/mol. The average Bonchev–Trinajstić information content (AvgIpc) is 2.63. The van der Waals surface area contributed by atoms with Gasteiger partial charge < -0.3 is 10.2 Å². The molecule has 0 aliphatic carbocycles. The van der Waals surface area contributed by atoms with Gasteiger partial charge in [0.15, 0.2) is 11.5 Å². The lowest BCUT2D eigenvalue weighted by molar-refractivity contribution is 0.402. The van der Waals surface area contributed by atoms with Crippen molar-refractivity contribution in [3.05, 3.63) is 78.4 Å². The van der Waals surface area contributed by atoms with Gasteiger partial charge >= 0.3 is 0 Å². The van der Waals surface area contributed by atoms with Gasteiger partial charge in [-0.3, -0.25) is 0 Å². The van der Waals surface area contributed by atoms with E-state index in [4.69, 9.17) is 0 Å². The van der Waals surface area contributed by atoms with E-state index < -0.39 is 15.6 Å². The zero-order valence-electron chi connectivity index (χ0n) is 13.2. The Hall–Kier alpha value is -2.44. The highest BCUT2D eigenvalue weighted by atomic mass is 32.2. The maximum atomic E-state index is 12.6. The Kier molecular flexibility index (Phi) is 5.01. The lowest BCUT2D eigenvalue weighted by Gasteiger charge is -2.07. The smallest absolute Gasteiger partial charge is 0.206 e. The molecular formula is C19H16O4S2. The van der Waals surface area contributed by atoms with Crippen LogP contribution in [0.2, 0.25) is 0 Å². The van der Waals surface area contributed by atoms with Crippen LogP contribution in [0.4, 0.5) is 0 Å². The predicted octanol–water partition coefficient (Wildman–Crippen LogP) is 4.22. The Morgan fingerprint density at radius 1 is 0.760 bits per heavy atom. The van der Waals surface area contributed by atoms with Gasteiger partial charge in [-0.25, -0.2) is 8.42 Å². The molecule has 25 heavy (non-hydrogen) atoms. The molecule has 6 heteroatoms. The third-order valence-corrected chi connectivity index (χ3v) is 6.49. The van der Waals surface area contributed by atoms with Crippen molar-refractivity contribution < 1.29 is 18.6 Å². The standard InChI is InChI=1S/C19H16O4S2/c20-18-11-10-17(12-19(18)21)25(22,23)16-8-6-15(7-9-16)24-13-14-4-2-1-3-5-14/h1-12,20-21H,13H2. The largest absolute Gasteiger partial charge is 0.504 e. The van der Waals surface area contributed by atoms with Crippen LogP contribution in [0.1, 0.15) is 5.56 Å². The van der Waals surface area contributed by atoms with Crippen molar-refractivity contribution in [3.63, 3.8) is 0 Å². The summed E-state index contributed by atoms with van der Waals surface area (Å²) >= 11 is 1.63. The van der Waals surface area contributed by atoms with Crippen LogP contribution in [0.3, 0.4) is 0 Å². The molecule has 0 amide bonds. The van der Waals surface area contributed by atoms with Gasteiger partial charge in [0.2, 0.25) is 9.84 Å². The van der Waals surface area contributed by atoms with Crippen molar-refractivity contribution in [2.75, 3.05) is 0 Å². The minimum Gasteiger partial charge on any atom is -0.504 e. The Bertz CT molecular complexity index is 966. The van der Waals surface area contributed by atoms with Crippen molar-refractivity contribution in [2.45, 2.75) is 20.4 Å². The van der Waals surface area contributed by atoms with E-state index in [1.54, 1.807) is 36.0 Å². The molecule has 128 valence electrons. The van der Waals surface area contributed by atoms with Gasteiger partial charge in [-0.2, -0.15) is 0 Å². The first kappa shape index (κ1) is 17.4. The molecule has 0 radical (unpaired) electrons. The maximum absolute atomic E-state index is 12.6. The fraction of sp³-hybridized carbons (Fsp3) is 0.0526. The van der Waals surface area contributed by atoms with E-state index in [0.717, 1.165) is 22.8 Å². The predicted molar refractivity (Wildman–Crippen MR) is 97.7 cm³/mol. The highest BCUT2D eigenvalue weighted by Crippen LogP contribution is 2.31. The Labute approximate surface area is 150 Å². The summed E-state index contributed by atoms with van der Waals surface area (Å²) in [7, 11) is -3.74. The van der Waals surface area contributed by atoms with Crippen LogP contribution < -0.4 is 0 Å². The molecule has 0 atom stereocenters. The summed E-state index contributed by atoms with van der Waals surface area (Å²) in [5.74, 6) is -0.0126. The van der Waals surface area contributed by atoms with E-state index in [1.807, 2.05) is 30.3 Å². The number of hydrogen-bond acceptors (Lipinski definition) is 5. The number of thioether (sulfide) groups is 1. The number of rotatable bonds is 5. The van der Waals surface area contributed by atoms with Crippen molar-refractivity contribution >= 4 is 21.6 Å². The summed E-state index contributed by atoms with van der Waals surface area (Å²) < 4.78 is 25.2. The molecule has 0 aliphatic heterocycles. The zero-order chi connectivity index (χ0) is 17.9. The number of benzene rings is 3. The summed E-state index contributed by atoms with van der Waals surface area (Å²) in [5.41, 5.74) is 1.20. The van der Waals surface area contributed by atoms with Gasteiger partial charge in [0.1, 0.15) is 0 Å². The molecule has 0 unspecified atom stereocenters. The summed E-state index contributed by atoms with van der Waals surface area (Å²) in [4.78, 5) is 1.05. The minimum atomic E-state index is -3.74.